The minimum absolute atomic E-state index is 0.0231. The van der Waals surface area contributed by atoms with Gasteiger partial charge in [0.15, 0.2) is 11.2 Å². The zero-order valence-electron chi connectivity index (χ0n) is 63.7. The average Bonchev–Trinajstić information content (AvgIpc) is 0.797. The fourth-order valence-electron chi connectivity index (χ4n) is 11.0. The van der Waals surface area contributed by atoms with Gasteiger partial charge in [0.1, 0.15) is 46.4 Å². The van der Waals surface area contributed by atoms with E-state index in [0.29, 0.717) is 92.4 Å². The number of allylic oxidation sites excluding steroid dienone is 2. The predicted molar refractivity (Wildman–Crippen MR) is 394 cm³/mol. The molecule has 7 N–H and O–H groups in total. The second kappa shape index (κ2) is 51.6. The van der Waals surface area contributed by atoms with E-state index in [9.17, 15) is 63.3 Å². The number of esters is 4. The summed E-state index contributed by atoms with van der Waals surface area (Å²) in [6, 6.07) is 11.7. The molecule has 0 unspecified atom stereocenters. The summed E-state index contributed by atoms with van der Waals surface area (Å²) in [7, 11) is 2.37. The lowest BCUT2D eigenvalue weighted by Crippen LogP contribution is -2.57. The van der Waals surface area contributed by atoms with Crippen molar-refractivity contribution in [2.75, 3.05) is 27.4 Å². The van der Waals surface area contributed by atoms with E-state index < -0.39 is 107 Å². The van der Waals surface area contributed by atoms with Gasteiger partial charge in [0.2, 0.25) is 17.7 Å². The number of carbonyl (C=O) groups is 10. The first kappa shape index (κ1) is 92.6. The third-order valence-corrected chi connectivity index (χ3v) is 16.8. The standard InChI is InChI=1S/C40H64N2O9.C40H63NO10/c1-7-9-11-14-17-20-31(43)21-18-15-12-13-16-19-22-33(40(48,29-35(41)44)38(47)51-39(3,4)5)36(45)42-34(37(46)49-6)28-30-23-25-32(26-24-30)50-27-10-8-2;1-7-9-11-14-17-20-31(42)21-18-15-12-13-16-19-22-33(40(48,29-35(43)44)38(47)51-39(3,4)5)36(45)41-34(37(46)49-6)28-30-23-25-32(26-24-30)50-27-10-8-2/h19,22-26,33-34,48H,7-18,20-21,27-29H2,1-6H3,(H2,41,44)(H,42,45);19,22-26,33-34,48H,7-18,20-21,27-29H2,1-6H3,(H,41,45)(H,43,44)/b2*22-19+/t2*33-,34+,40+/m11/s1. The Hall–Kier alpha value is -7.46. The molecule has 3 amide bonds. The summed E-state index contributed by atoms with van der Waals surface area (Å²) in [4.78, 5) is 129. The first-order valence-corrected chi connectivity index (χ1v) is 37.3. The number of carbonyl (C=O) groups excluding carboxylic acids is 9. The van der Waals surface area contributed by atoms with Crippen LogP contribution in [0.25, 0.3) is 0 Å². The number of benzene rings is 2. The van der Waals surface area contributed by atoms with Gasteiger partial charge in [-0.15, -0.1) is 0 Å². The molecule has 0 spiro atoms. The normalized spacial score (nSPS) is 13.9. The van der Waals surface area contributed by atoms with Crippen molar-refractivity contribution < 1.29 is 91.7 Å². The van der Waals surface area contributed by atoms with Crippen LogP contribution in [0.5, 0.6) is 11.5 Å². The van der Waals surface area contributed by atoms with Gasteiger partial charge in [-0.1, -0.05) is 166 Å². The van der Waals surface area contributed by atoms with E-state index in [4.69, 9.17) is 34.2 Å². The van der Waals surface area contributed by atoms with Gasteiger partial charge in [-0.25, -0.2) is 19.2 Å². The number of carboxylic acids is 1. The molecule has 0 aromatic heterocycles. The van der Waals surface area contributed by atoms with E-state index in [-0.39, 0.29) is 12.8 Å². The number of methoxy groups -OCH3 is 2. The van der Waals surface area contributed by atoms with Crippen LogP contribution in [0.3, 0.4) is 0 Å². The molecule has 0 heterocycles. The molecular formula is C80H127N3O19. The van der Waals surface area contributed by atoms with Gasteiger partial charge in [-0.2, -0.15) is 0 Å². The monoisotopic (exact) mass is 1430 g/mol. The molecule has 0 aliphatic rings. The number of Topliss-reactive ketones (excluding diaryl/α,β-unsaturated/α-hetero) is 2. The third kappa shape index (κ3) is 40.4. The molecule has 0 saturated heterocycles. The molecule has 2 rings (SSSR count). The lowest BCUT2D eigenvalue weighted by Gasteiger charge is -2.34. The third-order valence-electron chi connectivity index (χ3n) is 16.8. The van der Waals surface area contributed by atoms with E-state index in [1.165, 1.54) is 64.9 Å². The summed E-state index contributed by atoms with van der Waals surface area (Å²) < 4.78 is 32.2. The van der Waals surface area contributed by atoms with Crippen LogP contribution < -0.4 is 25.8 Å². The first-order chi connectivity index (χ1) is 48.3. The number of rotatable bonds is 54. The van der Waals surface area contributed by atoms with Crippen LogP contribution in [0.4, 0.5) is 0 Å². The van der Waals surface area contributed by atoms with Crippen LogP contribution in [0.15, 0.2) is 72.8 Å². The number of ether oxygens (including phenoxy) is 6. The van der Waals surface area contributed by atoms with Crippen LogP contribution in [-0.4, -0.2) is 136 Å². The topological polar surface area (TPSA) is 337 Å². The summed E-state index contributed by atoms with van der Waals surface area (Å²) in [6.45, 7) is 19.1. The highest BCUT2D eigenvalue weighted by Crippen LogP contribution is 2.31. The Kier molecular flexibility index (Phi) is 46.9. The van der Waals surface area contributed by atoms with Crippen LogP contribution in [0.1, 0.15) is 273 Å². The summed E-state index contributed by atoms with van der Waals surface area (Å²) in [5, 5.41) is 38.3. The van der Waals surface area contributed by atoms with Gasteiger partial charge >= 0.3 is 29.8 Å². The van der Waals surface area contributed by atoms with Gasteiger partial charge in [-0.3, -0.25) is 28.8 Å². The molecule has 22 nitrogen and oxygen atoms in total. The number of aliphatic hydroxyl groups is 2. The van der Waals surface area contributed by atoms with Gasteiger partial charge < -0.3 is 60.1 Å². The summed E-state index contributed by atoms with van der Waals surface area (Å²) in [6.07, 6.45) is 28.8. The number of unbranched alkanes of at least 4 members (excludes halogenated alkanes) is 18. The SMILES string of the molecule is CCCCCCCC(=O)CCCCCC/C=C/[C@H](C(=O)N[C@@H](Cc1ccc(OCCCC)cc1)C(=O)OC)[C@@](O)(CC(=O)O)C(=O)OC(C)(C)C.CCCCCCCC(=O)CCCCCC/C=C/[C@H](C(=O)N[C@@H](Cc1ccc(OCCCC)cc1)C(=O)OC)[C@@](O)(CC(N)=O)C(=O)OC(C)(C)C. The van der Waals surface area contributed by atoms with Gasteiger partial charge in [0.25, 0.3) is 0 Å². The van der Waals surface area contributed by atoms with Crippen LogP contribution in [0.2, 0.25) is 0 Å². The maximum atomic E-state index is 13.9. The van der Waals surface area contributed by atoms with Gasteiger partial charge in [-0.05, 0) is 141 Å². The van der Waals surface area contributed by atoms with Crippen LogP contribution in [-0.2, 0) is 79.7 Å². The number of nitrogens with two attached hydrogens (primary N) is 1. The highest BCUT2D eigenvalue weighted by molar-refractivity contribution is 5.97. The lowest BCUT2D eigenvalue weighted by molar-refractivity contribution is -0.187. The van der Waals surface area contributed by atoms with Crippen molar-refractivity contribution in [1.29, 1.82) is 0 Å². The largest absolute Gasteiger partial charge is 0.494 e. The average molecular weight is 1430 g/mol. The van der Waals surface area contributed by atoms with E-state index >= 15 is 0 Å². The van der Waals surface area contributed by atoms with Crippen molar-refractivity contribution >= 4 is 59.1 Å². The number of carboxylic acid groups (broad SMARTS) is 1. The fraction of sp³-hybridized carbons (Fsp3) is 0.675. The minimum Gasteiger partial charge on any atom is -0.494 e. The molecule has 0 fully saturated rings. The molecule has 0 bridgehead atoms. The Morgan fingerprint density at radius 3 is 1.06 bits per heavy atom. The minimum atomic E-state index is -2.78. The Bertz CT molecular complexity index is 2670. The maximum absolute atomic E-state index is 13.9. The summed E-state index contributed by atoms with van der Waals surface area (Å²) in [5.41, 5.74) is -0.737. The fourth-order valence-corrected chi connectivity index (χ4v) is 11.0. The first-order valence-electron chi connectivity index (χ1n) is 37.3. The van der Waals surface area contributed by atoms with Crippen molar-refractivity contribution in [3.8, 4) is 11.5 Å². The molecule has 102 heavy (non-hydrogen) atoms. The number of aliphatic carboxylic acids is 1. The van der Waals surface area contributed by atoms with Crippen molar-refractivity contribution in [1.82, 2.24) is 10.6 Å². The number of hydrogen-bond donors (Lipinski definition) is 6. The molecule has 0 aliphatic carbocycles. The van der Waals surface area contributed by atoms with Gasteiger partial charge in [0, 0.05) is 38.5 Å². The molecule has 2 aromatic carbocycles. The Labute approximate surface area is 608 Å². The number of amides is 3. The molecule has 22 heteroatoms. The van der Waals surface area contributed by atoms with E-state index in [1.807, 2.05) is 0 Å². The number of primary amides is 1. The zero-order chi connectivity index (χ0) is 76.6. The number of ketones is 2. The Balaban J connectivity index is 0.00000102. The number of nitrogens with one attached hydrogen (secondary N) is 2. The van der Waals surface area contributed by atoms with E-state index in [0.717, 1.165) is 96.3 Å². The molecule has 0 saturated carbocycles. The Morgan fingerprint density at radius 1 is 0.451 bits per heavy atom. The van der Waals surface area contributed by atoms with Crippen molar-refractivity contribution in [2.45, 2.75) is 309 Å². The molecule has 0 aliphatic heterocycles. The smallest absolute Gasteiger partial charge is 0.340 e. The molecule has 0 radical (unpaired) electrons. The highest BCUT2D eigenvalue weighted by Gasteiger charge is 2.52. The molecular weight excluding hydrogens is 1310 g/mol. The molecule has 6 atom stereocenters. The van der Waals surface area contributed by atoms with E-state index in [2.05, 4.69) is 38.3 Å². The lowest BCUT2D eigenvalue weighted by atomic mass is 9.82. The zero-order valence-corrected chi connectivity index (χ0v) is 63.7. The van der Waals surface area contributed by atoms with Crippen molar-refractivity contribution in [2.24, 2.45) is 17.6 Å². The van der Waals surface area contributed by atoms with Crippen LogP contribution >= 0.6 is 0 Å². The van der Waals surface area contributed by atoms with Crippen LogP contribution in [0, 0.1) is 11.8 Å². The highest BCUT2D eigenvalue weighted by atomic mass is 16.6. The maximum Gasteiger partial charge on any atom is 0.340 e. The summed E-state index contributed by atoms with van der Waals surface area (Å²) in [5.74, 6) is -9.74. The number of hydrogen-bond acceptors (Lipinski definition) is 18. The summed E-state index contributed by atoms with van der Waals surface area (Å²) >= 11 is 0. The van der Waals surface area contributed by atoms with Crippen molar-refractivity contribution in [3.63, 3.8) is 0 Å². The Morgan fingerprint density at radius 2 is 0.765 bits per heavy atom. The second-order valence-corrected chi connectivity index (χ2v) is 28.5. The predicted octanol–water partition coefficient (Wildman–Crippen LogP) is 13.5. The molecule has 576 valence electrons. The van der Waals surface area contributed by atoms with Crippen molar-refractivity contribution in [3.05, 3.63) is 84.0 Å². The van der Waals surface area contributed by atoms with Gasteiger partial charge in [0.05, 0.1) is 52.1 Å². The second-order valence-electron chi connectivity index (χ2n) is 28.5. The molecule has 2 aromatic rings. The quantitative estimate of drug-likeness (QED) is 0.0155. The van der Waals surface area contributed by atoms with E-state index in [1.54, 1.807) is 102 Å².